The minimum absolute atomic E-state index is 0.366. The van der Waals surface area contributed by atoms with Crippen LogP contribution < -0.4 is 4.57 Å². The van der Waals surface area contributed by atoms with Crippen LogP contribution in [0, 0.1) is 20.8 Å². The first-order valence-electron chi connectivity index (χ1n) is 5.18. The second-order valence-electron chi connectivity index (χ2n) is 3.74. The zero-order valence-electron chi connectivity index (χ0n) is 10.3. The van der Waals surface area contributed by atoms with E-state index in [-0.39, 0.29) is 0 Å². The van der Waals surface area contributed by atoms with Crippen LogP contribution in [-0.4, -0.2) is 25.1 Å². The Balaban J connectivity index is 2.65. The number of hydrogen-bond donors (Lipinski definition) is 0. The summed E-state index contributed by atoms with van der Waals surface area (Å²) in [5.74, 6) is 1.26. The average molecular weight is 213 g/mol. The maximum atomic E-state index is 5.29. The second kappa shape index (κ2) is 5.28. The van der Waals surface area contributed by atoms with Crippen LogP contribution in [0.3, 0.4) is 0 Å². The summed E-state index contributed by atoms with van der Waals surface area (Å²) in [6.45, 7) is 8.32. The molecule has 0 saturated carbocycles. The summed E-state index contributed by atoms with van der Waals surface area (Å²) in [6, 6.07) is 0. The van der Waals surface area contributed by atoms with Gasteiger partial charge in [-0.15, -0.1) is 0 Å². The van der Waals surface area contributed by atoms with Crippen LogP contribution in [0.2, 0.25) is 0 Å². The van der Waals surface area contributed by atoms with Gasteiger partial charge >= 0.3 is 0 Å². The van der Waals surface area contributed by atoms with Crippen molar-refractivity contribution in [3.63, 3.8) is 0 Å². The number of methoxy groups -OCH3 is 1. The molecule has 0 atom stereocenters. The lowest BCUT2D eigenvalue weighted by Gasteiger charge is -2.02. The molecule has 4 nitrogen and oxygen atoms in total. The van der Waals surface area contributed by atoms with Gasteiger partial charge < -0.3 is 9.47 Å². The third-order valence-electron chi connectivity index (χ3n) is 2.97. The summed E-state index contributed by atoms with van der Waals surface area (Å²) in [6.07, 6.45) is 0. The molecule has 0 saturated heterocycles. The van der Waals surface area contributed by atoms with E-state index in [0.29, 0.717) is 13.4 Å². The minimum atomic E-state index is 0.366. The third kappa shape index (κ3) is 2.58. The number of imidazole rings is 1. The van der Waals surface area contributed by atoms with E-state index in [1.165, 1.54) is 17.2 Å². The number of hydrogen-bond acceptors (Lipinski definition) is 2. The molecule has 0 bridgehead atoms. The van der Waals surface area contributed by atoms with Gasteiger partial charge in [0.1, 0.15) is 24.7 Å². The van der Waals surface area contributed by atoms with Crippen LogP contribution in [-0.2, 0) is 23.1 Å². The molecule has 0 amide bonds. The van der Waals surface area contributed by atoms with Gasteiger partial charge in [-0.25, -0.2) is 9.13 Å². The second-order valence-corrected chi connectivity index (χ2v) is 3.74. The standard InChI is InChI=1S/C11H21N2O2/c1-9-10(2)13(11(3)12(9)4)6-7-15-8-14-5/h6-8H2,1-5H3/q+1. The van der Waals surface area contributed by atoms with Gasteiger partial charge in [0.25, 0.3) is 5.82 Å². The number of ether oxygens (including phenoxy) is 2. The van der Waals surface area contributed by atoms with Crippen molar-refractivity contribution < 1.29 is 14.0 Å². The first-order valence-corrected chi connectivity index (χ1v) is 5.18. The van der Waals surface area contributed by atoms with Gasteiger partial charge in [-0.2, -0.15) is 0 Å². The Bertz CT molecular complexity index is 306. The lowest BCUT2D eigenvalue weighted by Crippen LogP contribution is -2.33. The molecule has 0 aromatic carbocycles. The Morgan fingerprint density at radius 3 is 2.40 bits per heavy atom. The molecule has 0 aliphatic heterocycles. The minimum Gasteiger partial charge on any atom is -0.359 e. The summed E-state index contributed by atoms with van der Waals surface area (Å²) in [5.41, 5.74) is 2.61. The highest BCUT2D eigenvalue weighted by Gasteiger charge is 2.18. The third-order valence-corrected chi connectivity index (χ3v) is 2.97. The van der Waals surface area contributed by atoms with Gasteiger partial charge in [0.2, 0.25) is 0 Å². The fourth-order valence-corrected chi connectivity index (χ4v) is 1.73. The summed E-state index contributed by atoms with van der Waals surface area (Å²) < 4.78 is 14.6. The van der Waals surface area contributed by atoms with Crippen molar-refractivity contribution in [3.05, 3.63) is 17.2 Å². The SMILES string of the molecule is COCOCCn1c(C)c(C)[n+](C)c1C. The topological polar surface area (TPSA) is 27.3 Å². The largest absolute Gasteiger partial charge is 0.359 e. The quantitative estimate of drug-likeness (QED) is 0.412. The van der Waals surface area contributed by atoms with Crippen LogP contribution in [0.1, 0.15) is 17.2 Å². The smallest absolute Gasteiger partial charge is 0.253 e. The van der Waals surface area contributed by atoms with Crippen molar-refractivity contribution in [3.8, 4) is 0 Å². The molecule has 1 aromatic rings. The maximum Gasteiger partial charge on any atom is 0.253 e. The van der Waals surface area contributed by atoms with E-state index < -0.39 is 0 Å². The molecule has 86 valence electrons. The summed E-state index contributed by atoms with van der Waals surface area (Å²) in [5, 5.41) is 0. The molecule has 1 aromatic heterocycles. The predicted octanol–water partition coefficient (Wildman–Crippen LogP) is 0.858. The molecule has 0 unspecified atom stereocenters. The Labute approximate surface area is 91.4 Å². The molecule has 0 aliphatic rings. The number of rotatable bonds is 5. The molecule has 1 rings (SSSR count). The Hall–Kier alpha value is -0.870. The Kier molecular flexibility index (Phi) is 4.29. The first kappa shape index (κ1) is 12.2. The lowest BCUT2D eigenvalue weighted by molar-refractivity contribution is -0.683. The summed E-state index contributed by atoms with van der Waals surface area (Å²) in [7, 11) is 3.72. The predicted molar refractivity (Wildman–Crippen MR) is 57.6 cm³/mol. The van der Waals surface area contributed by atoms with E-state index in [1.54, 1.807) is 7.11 Å². The first-order chi connectivity index (χ1) is 7.09. The Morgan fingerprint density at radius 2 is 1.93 bits per heavy atom. The molecule has 4 heteroatoms. The zero-order chi connectivity index (χ0) is 11.4. The molecule has 0 spiro atoms. The van der Waals surface area contributed by atoms with Crippen molar-refractivity contribution in [1.29, 1.82) is 0 Å². The molecule has 0 aliphatic carbocycles. The fourth-order valence-electron chi connectivity index (χ4n) is 1.73. The summed E-state index contributed by atoms with van der Waals surface area (Å²) in [4.78, 5) is 0. The molecule has 0 fully saturated rings. The van der Waals surface area contributed by atoms with Gasteiger partial charge in [0.05, 0.1) is 13.7 Å². The van der Waals surface area contributed by atoms with E-state index >= 15 is 0 Å². The van der Waals surface area contributed by atoms with Crippen molar-refractivity contribution in [2.75, 3.05) is 20.5 Å². The van der Waals surface area contributed by atoms with E-state index in [4.69, 9.17) is 9.47 Å². The van der Waals surface area contributed by atoms with Crippen LogP contribution in [0.25, 0.3) is 0 Å². The van der Waals surface area contributed by atoms with Gasteiger partial charge in [-0.3, -0.25) is 0 Å². The molecular formula is C11H21N2O2+. The van der Waals surface area contributed by atoms with Crippen LogP contribution in [0.15, 0.2) is 0 Å². The number of aromatic nitrogens is 2. The van der Waals surface area contributed by atoms with Crippen molar-refractivity contribution in [1.82, 2.24) is 4.57 Å². The fraction of sp³-hybridized carbons (Fsp3) is 0.727. The van der Waals surface area contributed by atoms with Crippen LogP contribution in [0.4, 0.5) is 0 Å². The highest BCUT2D eigenvalue weighted by atomic mass is 16.7. The van der Waals surface area contributed by atoms with E-state index in [2.05, 4.69) is 37.0 Å². The molecule has 0 N–H and O–H groups in total. The number of nitrogens with zero attached hydrogens (tertiary/aromatic N) is 2. The van der Waals surface area contributed by atoms with Gasteiger partial charge in [0, 0.05) is 27.9 Å². The normalized spacial score (nSPS) is 11.0. The molecule has 0 radical (unpaired) electrons. The van der Waals surface area contributed by atoms with Crippen LogP contribution >= 0.6 is 0 Å². The summed E-state index contributed by atoms with van der Waals surface area (Å²) >= 11 is 0. The van der Waals surface area contributed by atoms with E-state index in [9.17, 15) is 0 Å². The highest BCUT2D eigenvalue weighted by Crippen LogP contribution is 2.06. The average Bonchev–Trinajstić information content (AvgIpc) is 2.41. The van der Waals surface area contributed by atoms with Gasteiger partial charge in [0.15, 0.2) is 0 Å². The highest BCUT2D eigenvalue weighted by molar-refractivity contribution is 5.06. The lowest BCUT2D eigenvalue weighted by atomic mass is 10.4. The Morgan fingerprint density at radius 1 is 1.27 bits per heavy atom. The van der Waals surface area contributed by atoms with Gasteiger partial charge in [-0.05, 0) is 0 Å². The van der Waals surface area contributed by atoms with Crippen LogP contribution in [0.5, 0.6) is 0 Å². The van der Waals surface area contributed by atoms with E-state index in [0.717, 1.165) is 6.54 Å². The monoisotopic (exact) mass is 213 g/mol. The van der Waals surface area contributed by atoms with E-state index in [1.807, 2.05) is 0 Å². The molecule has 1 heterocycles. The maximum absolute atomic E-state index is 5.29. The van der Waals surface area contributed by atoms with Gasteiger partial charge in [-0.1, -0.05) is 0 Å². The van der Waals surface area contributed by atoms with Crippen molar-refractivity contribution in [2.45, 2.75) is 27.3 Å². The molecular weight excluding hydrogens is 192 g/mol. The zero-order valence-corrected chi connectivity index (χ0v) is 10.3. The van der Waals surface area contributed by atoms with Crippen molar-refractivity contribution in [2.24, 2.45) is 7.05 Å². The van der Waals surface area contributed by atoms with Crippen molar-refractivity contribution >= 4 is 0 Å². The molecule has 15 heavy (non-hydrogen) atoms.